The van der Waals surface area contributed by atoms with Crippen molar-refractivity contribution in [3.05, 3.63) is 70.2 Å². The van der Waals surface area contributed by atoms with Crippen molar-refractivity contribution in [1.82, 2.24) is 16.0 Å². The van der Waals surface area contributed by atoms with E-state index >= 15 is 0 Å². The van der Waals surface area contributed by atoms with Gasteiger partial charge in [0.05, 0.1) is 0 Å². The van der Waals surface area contributed by atoms with E-state index in [4.69, 9.17) is 11.6 Å². The molecule has 2 aromatic carbocycles. The number of rotatable bonds is 8. The standard InChI is InChI=1S/C21H27ClN4O/c1-3-12-24-20(27)18-6-4-5-17(14-18)15-26-21(23-2)25-13-11-16-7-9-19(22)10-8-16/h4-10,14H,3,11-13,15H2,1-2H3,(H,24,27)(H2,23,25,26). The smallest absolute Gasteiger partial charge is 0.251 e. The zero-order valence-corrected chi connectivity index (χ0v) is 16.6. The summed E-state index contributed by atoms with van der Waals surface area (Å²) in [5.74, 6) is 0.689. The second-order valence-corrected chi connectivity index (χ2v) is 6.62. The monoisotopic (exact) mass is 386 g/mol. The molecule has 2 rings (SSSR count). The van der Waals surface area contributed by atoms with Crippen molar-refractivity contribution in [1.29, 1.82) is 0 Å². The number of benzene rings is 2. The Morgan fingerprint density at radius 1 is 1.00 bits per heavy atom. The average molecular weight is 387 g/mol. The minimum atomic E-state index is -0.0378. The molecule has 2 aromatic rings. The highest BCUT2D eigenvalue weighted by molar-refractivity contribution is 6.30. The van der Waals surface area contributed by atoms with Gasteiger partial charge in [0.25, 0.3) is 5.91 Å². The van der Waals surface area contributed by atoms with Gasteiger partial charge in [0.1, 0.15) is 0 Å². The third-order valence-electron chi connectivity index (χ3n) is 4.03. The van der Waals surface area contributed by atoms with E-state index in [1.54, 1.807) is 7.05 Å². The first-order chi connectivity index (χ1) is 13.1. The maximum absolute atomic E-state index is 12.1. The molecule has 0 heterocycles. The maximum atomic E-state index is 12.1. The molecule has 0 radical (unpaired) electrons. The highest BCUT2D eigenvalue weighted by Gasteiger charge is 2.06. The molecule has 0 unspecified atom stereocenters. The average Bonchev–Trinajstić information content (AvgIpc) is 2.70. The van der Waals surface area contributed by atoms with Gasteiger partial charge in [0.2, 0.25) is 0 Å². The number of hydrogen-bond donors (Lipinski definition) is 3. The number of nitrogens with zero attached hydrogens (tertiary/aromatic N) is 1. The van der Waals surface area contributed by atoms with E-state index in [9.17, 15) is 4.79 Å². The Hall–Kier alpha value is -2.53. The van der Waals surface area contributed by atoms with Gasteiger partial charge in [0.15, 0.2) is 5.96 Å². The van der Waals surface area contributed by atoms with Gasteiger partial charge in [-0.05, 0) is 48.2 Å². The van der Waals surface area contributed by atoms with Crippen LogP contribution in [-0.4, -0.2) is 32.0 Å². The molecule has 1 amide bonds. The van der Waals surface area contributed by atoms with Gasteiger partial charge < -0.3 is 16.0 Å². The van der Waals surface area contributed by atoms with Crippen molar-refractivity contribution in [2.75, 3.05) is 20.1 Å². The summed E-state index contributed by atoms with van der Waals surface area (Å²) in [6, 6.07) is 15.5. The van der Waals surface area contributed by atoms with Gasteiger partial charge >= 0.3 is 0 Å². The van der Waals surface area contributed by atoms with Crippen LogP contribution < -0.4 is 16.0 Å². The van der Waals surface area contributed by atoms with E-state index in [1.807, 2.05) is 55.5 Å². The Morgan fingerprint density at radius 2 is 1.78 bits per heavy atom. The van der Waals surface area contributed by atoms with Gasteiger partial charge in [-0.3, -0.25) is 9.79 Å². The number of carbonyl (C=O) groups is 1. The van der Waals surface area contributed by atoms with Crippen LogP contribution in [0.3, 0.4) is 0 Å². The zero-order chi connectivity index (χ0) is 19.5. The van der Waals surface area contributed by atoms with Crippen molar-refractivity contribution >= 4 is 23.5 Å². The summed E-state index contributed by atoms with van der Waals surface area (Å²) in [5, 5.41) is 10.2. The van der Waals surface area contributed by atoms with Crippen molar-refractivity contribution in [2.24, 2.45) is 4.99 Å². The van der Waals surface area contributed by atoms with Crippen LogP contribution in [0.5, 0.6) is 0 Å². The zero-order valence-electron chi connectivity index (χ0n) is 15.9. The number of amides is 1. The third-order valence-corrected chi connectivity index (χ3v) is 4.28. The molecule has 0 fully saturated rings. The Bertz CT molecular complexity index is 759. The van der Waals surface area contributed by atoms with E-state index < -0.39 is 0 Å². The fourth-order valence-electron chi connectivity index (χ4n) is 2.55. The maximum Gasteiger partial charge on any atom is 0.251 e. The van der Waals surface area contributed by atoms with Gasteiger partial charge in [-0.15, -0.1) is 0 Å². The molecular formula is C21H27ClN4O. The Kier molecular flexibility index (Phi) is 8.65. The molecule has 0 bridgehead atoms. The fraction of sp³-hybridized carbons (Fsp3) is 0.333. The summed E-state index contributed by atoms with van der Waals surface area (Å²) in [4.78, 5) is 16.3. The van der Waals surface area contributed by atoms with E-state index in [2.05, 4.69) is 20.9 Å². The molecular weight excluding hydrogens is 360 g/mol. The lowest BCUT2D eigenvalue weighted by Gasteiger charge is -2.12. The van der Waals surface area contributed by atoms with E-state index in [0.29, 0.717) is 18.7 Å². The molecule has 5 nitrogen and oxygen atoms in total. The van der Waals surface area contributed by atoms with Crippen LogP contribution in [0.15, 0.2) is 53.5 Å². The summed E-state index contributed by atoms with van der Waals surface area (Å²) < 4.78 is 0. The fourth-order valence-corrected chi connectivity index (χ4v) is 2.67. The molecule has 0 aliphatic rings. The van der Waals surface area contributed by atoms with E-state index in [-0.39, 0.29) is 5.91 Å². The Labute approximate surface area is 166 Å². The molecule has 0 aliphatic heterocycles. The van der Waals surface area contributed by atoms with Crippen molar-refractivity contribution in [2.45, 2.75) is 26.3 Å². The van der Waals surface area contributed by atoms with Crippen molar-refractivity contribution in [3.63, 3.8) is 0 Å². The normalized spacial score (nSPS) is 11.1. The van der Waals surface area contributed by atoms with Crippen LogP contribution in [0.2, 0.25) is 5.02 Å². The topological polar surface area (TPSA) is 65.5 Å². The van der Waals surface area contributed by atoms with Gasteiger partial charge in [0, 0.05) is 37.3 Å². The summed E-state index contributed by atoms with van der Waals surface area (Å²) >= 11 is 5.90. The van der Waals surface area contributed by atoms with Gasteiger partial charge in [-0.25, -0.2) is 0 Å². The molecule has 6 heteroatoms. The second kappa shape index (κ2) is 11.2. The molecule has 0 spiro atoms. The highest BCUT2D eigenvalue weighted by atomic mass is 35.5. The number of nitrogens with one attached hydrogen (secondary N) is 3. The molecule has 0 atom stereocenters. The van der Waals surface area contributed by atoms with Crippen LogP contribution in [0.25, 0.3) is 0 Å². The SMILES string of the molecule is CCCNC(=O)c1cccc(CNC(=NC)NCCc2ccc(Cl)cc2)c1. The first kappa shape index (κ1) is 20.8. The van der Waals surface area contributed by atoms with Crippen LogP contribution in [-0.2, 0) is 13.0 Å². The minimum absolute atomic E-state index is 0.0378. The molecule has 144 valence electrons. The first-order valence-corrected chi connectivity index (χ1v) is 9.56. The van der Waals surface area contributed by atoms with Crippen LogP contribution in [0.1, 0.15) is 34.8 Å². The predicted molar refractivity (Wildman–Crippen MR) is 112 cm³/mol. The lowest BCUT2D eigenvalue weighted by Crippen LogP contribution is -2.37. The molecule has 0 aliphatic carbocycles. The lowest BCUT2D eigenvalue weighted by molar-refractivity contribution is 0.0953. The van der Waals surface area contributed by atoms with Crippen molar-refractivity contribution in [3.8, 4) is 0 Å². The quantitative estimate of drug-likeness (QED) is 0.481. The largest absolute Gasteiger partial charge is 0.356 e. The highest BCUT2D eigenvalue weighted by Crippen LogP contribution is 2.09. The third kappa shape index (κ3) is 7.31. The predicted octanol–water partition coefficient (Wildman–Crippen LogP) is 3.39. The van der Waals surface area contributed by atoms with E-state index in [0.717, 1.165) is 35.9 Å². The van der Waals surface area contributed by atoms with Crippen molar-refractivity contribution < 1.29 is 4.79 Å². The molecule has 0 aromatic heterocycles. The van der Waals surface area contributed by atoms with Crippen LogP contribution in [0.4, 0.5) is 0 Å². The first-order valence-electron chi connectivity index (χ1n) is 9.18. The van der Waals surface area contributed by atoms with E-state index in [1.165, 1.54) is 5.56 Å². The summed E-state index contributed by atoms with van der Waals surface area (Å²) in [7, 11) is 1.74. The molecule has 27 heavy (non-hydrogen) atoms. The molecule has 0 saturated carbocycles. The van der Waals surface area contributed by atoms with Gasteiger partial charge in [-0.1, -0.05) is 42.8 Å². The number of aliphatic imine (C=N–C) groups is 1. The summed E-state index contributed by atoms with van der Waals surface area (Å²) in [6.07, 6.45) is 1.80. The lowest BCUT2D eigenvalue weighted by atomic mass is 10.1. The Balaban J connectivity index is 1.81. The number of carbonyl (C=O) groups excluding carboxylic acids is 1. The summed E-state index contributed by atoms with van der Waals surface area (Å²) in [6.45, 7) is 4.08. The summed E-state index contributed by atoms with van der Waals surface area (Å²) in [5.41, 5.74) is 2.92. The van der Waals surface area contributed by atoms with Crippen LogP contribution >= 0.6 is 11.6 Å². The molecule has 3 N–H and O–H groups in total. The number of hydrogen-bond acceptors (Lipinski definition) is 2. The van der Waals surface area contributed by atoms with Gasteiger partial charge in [-0.2, -0.15) is 0 Å². The Morgan fingerprint density at radius 3 is 2.48 bits per heavy atom. The second-order valence-electron chi connectivity index (χ2n) is 6.19. The minimum Gasteiger partial charge on any atom is -0.356 e. The number of guanidine groups is 1. The molecule has 0 saturated heterocycles. The van der Waals surface area contributed by atoms with Crippen LogP contribution in [0, 0.1) is 0 Å². The number of halogens is 1.